The molecule has 0 spiro atoms. The Balaban J connectivity index is 1.13. The average Bonchev–Trinajstić information content (AvgIpc) is 3.61. The number of morpholine rings is 1. The summed E-state index contributed by atoms with van der Waals surface area (Å²) in [5.41, 5.74) is 11.8. The summed E-state index contributed by atoms with van der Waals surface area (Å²) < 4.78 is 13.2. The number of aryl methyl sites for hydroxylation is 1. The second-order valence-electron chi connectivity index (χ2n) is 11.9. The van der Waals surface area contributed by atoms with Crippen LogP contribution in [0.1, 0.15) is 46.3 Å². The van der Waals surface area contributed by atoms with Crippen LogP contribution in [0.25, 0.3) is 0 Å². The van der Waals surface area contributed by atoms with Crippen LogP contribution in [0.3, 0.4) is 0 Å². The zero-order valence-electron chi connectivity index (χ0n) is 26.9. The van der Waals surface area contributed by atoms with E-state index in [2.05, 4.69) is 27.8 Å². The van der Waals surface area contributed by atoms with E-state index in [0.29, 0.717) is 38.2 Å². The highest BCUT2D eigenvalue weighted by atomic mass is 16.5. The van der Waals surface area contributed by atoms with Crippen molar-refractivity contribution in [3.8, 4) is 0 Å². The van der Waals surface area contributed by atoms with Crippen LogP contribution < -0.4 is 16.0 Å². The number of hydrogen-bond donors (Lipinski definition) is 2. The van der Waals surface area contributed by atoms with Crippen LogP contribution in [0.5, 0.6) is 0 Å². The van der Waals surface area contributed by atoms with Gasteiger partial charge in [-0.15, -0.1) is 5.10 Å². The lowest BCUT2D eigenvalue weighted by molar-refractivity contribution is -0.119. The van der Waals surface area contributed by atoms with Crippen LogP contribution in [0, 0.1) is 0 Å². The first-order chi connectivity index (χ1) is 23.5. The van der Waals surface area contributed by atoms with E-state index in [4.69, 9.17) is 15.2 Å². The second-order valence-corrected chi connectivity index (χ2v) is 11.9. The maximum atomic E-state index is 14.2. The van der Waals surface area contributed by atoms with Gasteiger partial charge >= 0.3 is 6.09 Å². The minimum absolute atomic E-state index is 0.0610. The van der Waals surface area contributed by atoms with Gasteiger partial charge in [-0.1, -0.05) is 114 Å². The van der Waals surface area contributed by atoms with Crippen LogP contribution in [0.2, 0.25) is 0 Å². The largest absolute Gasteiger partial charge is 0.452 e. The molecule has 0 bridgehead atoms. The standard InChI is InChI=1S/C38H40N6O4/c1-47-38(46)44(37(45)36(39)35(29-16-7-3-8-17-29)30-18-9-4-10-19-30)34-20-12-11-15-28(34)21-22-31-23-40-33(26-48-31)32-25-43(42-41-32)24-27-13-5-2-6-14-27/h2-20,25,31,33,35-36,40H,21-24,26,39H2,1H3/t31-,33+,36+/m1/s1. The van der Waals surface area contributed by atoms with Gasteiger partial charge in [0.05, 0.1) is 50.3 Å². The minimum Gasteiger partial charge on any atom is -0.452 e. The third-order valence-electron chi connectivity index (χ3n) is 8.70. The van der Waals surface area contributed by atoms with Crippen molar-refractivity contribution in [2.24, 2.45) is 5.73 Å². The number of benzene rings is 4. The van der Waals surface area contributed by atoms with E-state index in [-0.39, 0.29) is 12.1 Å². The van der Waals surface area contributed by atoms with Gasteiger partial charge < -0.3 is 20.5 Å². The molecular formula is C38H40N6O4. The summed E-state index contributed by atoms with van der Waals surface area (Å²) in [4.78, 5) is 28.6. The molecule has 246 valence electrons. The van der Waals surface area contributed by atoms with Crippen LogP contribution in [0.15, 0.2) is 121 Å². The van der Waals surface area contributed by atoms with Crippen LogP contribution in [-0.4, -0.2) is 59.4 Å². The van der Waals surface area contributed by atoms with Gasteiger partial charge in [-0.25, -0.2) is 14.4 Å². The molecule has 4 aromatic carbocycles. The predicted molar refractivity (Wildman–Crippen MR) is 183 cm³/mol. The monoisotopic (exact) mass is 644 g/mol. The number of nitrogens with one attached hydrogen (secondary N) is 1. The van der Waals surface area contributed by atoms with Crippen LogP contribution in [0.4, 0.5) is 10.5 Å². The molecule has 0 unspecified atom stereocenters. The lowest BCUT2D eigenvalue weighted by Crippen LogP contribution is -2.50. The zero-order valence-corrected chi connectivity index (χ0v) is 26.9. The molecule has 0 radical (unpaired) electrons. The summed E-state index contributed by atoms with van der Waals surface area (Å²) >= 11 is 0. The van der Waals surface area contributed by atoms with Gasteiger partial charge in [0.1, 0.15) is 5.69 Å². The fourth-order valence-electron chi connectivity index (χ4n) is 6.19. The highest BCUT2D eigenvalue weighted by Gasteiger charge is 2.36. The molecule has 1 saturated heterocycles. The molecule has 1 fully saturated rings. The van der Waals surface area contributed by atoms with Crippen LogP contribution >= 0.6 is 0 Å². The lowest BCUT2D eigenvalue weighted by atomic mass is 9.84. The molecule has 2 amide bonds. The Labute approximate surface area is 280 Å². The highest BCUT2D eigenvalue weighted by Crippen LogP contribution is 2.31. The number of amides is 2. The number of carbonyl (C=O) groups is 2. The van der Waals surface area contributed by atoms with Crippen molar-refractivity contribution in [2.45, 2.75) is 43.5 Å². The van der Waals surface area contributed by atoms with Gasteiger partial charge in [-0.3, -0.25) is 4.79 Å². The van der Waals surface area contributed by atoms with E-state index < -0.39 is 24.0 Å². The van der Waals surface area contributed by atoms with Gasteiger partial charge in [0.15, 0.2) is 0 Å². The normalized spacial score (nSPS) is 16.7. The molecule has 5 aromatic rings. The number of aromatic nitrogens is 3. The Kier molecular flexibility index (Phi) is 10.7. The average molecular weight is 645 g/mol. The van der Waals surface area contributed by atoms with Crippen LogP contribution in [-0.2, 0) is 27.2 Å². The number of rotatable bonds is 11. The first-order valence-electron chi connectivity index (χ1n) is 16.2. The summed E-state index contributed by atoms with van der Waals surface area (Å²) in [6.07, 6.45) is 2.33. The Morgan fingerprint density at radius 2 is 1.56 bits per heavy atom. The fourth-order valence-corrected chi connectivity index (χ4v) is 6.19. The van der Waals surface area contributed by atoms with Gasteiger partial charge in [-0.2, -0.15) is 0 Å². The van der Waals surface area contributed by atoms with Gasteiger partial charge in [-0.05, 0) is 41.2 Å². The first-order valence-corrected chi connectivity index (χ1v) is 16.2. The molecule has 3 atom stereocenters. The van der Waals surface area contributed by atoms with E-state index in [1.807, 2.05) is 102 Å². The maximum Gasteiger partial charge on any atom is 0.420 e. The number of anilines is 1. The van der Waals surface area contributed by atoms with Crippen molar-refractivity contribution in [3.63, 3.8) is 0 Å². The molecule has 6 rings (SSSR count). The summed E-state index contributed by atoms with van der Waals surface area (Å²) in [6.45, 7) is 1.73. The van der Waals surface area contributed by atoms with E-state index in [9.17, 15) is 9.59 Å². The third-order valence-corrected chi connectivity index (χ3v) is 8.70. The number of nitrogens with zero attached hydrogens (tertiary/aromatic N) is 4. The smallest absolute Gasteiger partial charge is 0.420 e. The number of carbonyl (C=O) groups excluding carboxylic acids is 2. The lowest BCUT2D eigenvalue weighted by Gasteiger charge is -2.31. The van der Waals surface area contributed by atoms with Crippen molar-refractivity contribution in [1.29, 1.82) is 0 Å². The van der Waals surface area contributed by atoms with E-state index in [1.165, 1.54) is 7.11 Å². The molecule has 1 aliphatic heterocycles. The number of hydrogen-bond acceptors (Lipinski definition) is 8. The Hall–Kier alpha value is -5.16. The number of nitrogens with two attached hydrogens (primary N) is 1. The highest BCUT2D eigenvalue weighted by molar-refractivity contribution is 6.15. The summed E-state index contributed by atoms with van der Waals surface area (Å²) in [7, 11) is 1.26. The van der Waals surface area contributed by atoms with Crippen molar-refractivity contribution in [2.75, 3.05) is 25.2 Å². The number of imide groups is 1. The van der Waals surface area contributed by atoms with E-state index in [0.717, 1.165) is 32.8 Å². The fraction of sp³-hybridized carbons (Fsp3) is 0.263. The molecule has 48 heavy (non-hydrogen) atoms. The molecule has 0 saturated carbocycles. The molecule has 0 aliphatic carbocycles. The topological polar surface area (TPSA) is 125 Å². The molecule has 3 N–H and O–H groups in total. The van der Waals surface area contributed by atoms with Gasteiger partial charge in [0.25, 0.3) is 5.91 Å². The SMILES string of the molecule is COC(=O)N(C(=O)[C@@H](N)C(c1ccccc1)c1ccccc1)c1ccccc1CC[C@@H]1CN[C@H](c2cn(Cc3ccccc3)nn2)CO1. The van der Waals surface area contributed by atoms with Gasteiger partial charge in [0.2, 0.25) is 0 Å². The summed E-state index contributed by atoms with van der Waals surface area (Å²) in [5.74, 6) is -1.03. The number of methoxy groups -OCH3 is 1. The second kappa shape index (κ2) is 15.6. The first kappa shape index (κ1) is 32.8. The molecule has 1 aliphatic rings. The Morgan fingerprint density at radius 1 is 0.938 bits per heavy atom. The molecular weight excluding hydrogens is 604 g/mol. The number of para-hydroxylation sites is 1. The predicted octanol–water partition coefficient (Wildman–Crippen LogP) is 5.25. The van der Waals surface area contributed by atoms with E-state index >= 15 is 0 Å². The molecule has 1 aromatic heterocycles. The van der Waals surface area contributed by atoms with Crippen molar-refractivity contribution in [3.05, 3.63) is 149 Å². The third kappa shape index (κ3) is 7.69. The molecule has 10 heteroatoms. The Morgan fingerprint density at radius 3 is 2.19 bits per heavy atom. The van der Waals surface area contributed by atoms with Gasteiger partial charge in [0, 0.05) is 12.5 Å². The minimum atomic E-state index is -1.06. The maximum absolute atomic E-state index is 14.2. The van der Waals surface area contributed by atoms with Crippen molar-refractivity contribution in [1.82, 2.24) is 20.3 Å². The molecule has 10 nitrogen and oxygen atoms in total. The van der Waals surface area contributed by atoms with E-state index in [1.54, 1.807) is 12.1 Å². The van der Waals surface area contributed by atoms with Crippen molar-refractivity contribution < 1.29 is 19.1 Å². The molecule has 2 heterocycles. The number of ether oxygens (including phenoxy) is 2. The Bertz CT molecular complexity index is 1740. The summed E-state index contributed by atoms with van der Waals surface area (Å²) in [5, 5.41) is 12.2. The quantitative estimate of drug-likeness (QED) is 0.200. The summed E-state index contributed by atoms with van der Waals surface area (Å²) in [6, 6.07) is 35.6. The zero-order chi connectivity index (χ0) is 33.3. The van der Waals surface area contributed by atoms with Crippen molar-refractivity contribution >= 4 is 17.7 Å².